The molecule has 0 saturated carbocycles. The van der Waals surface area contributed by atoms with Crippen molar-refractivity contribution in [3.63, 3.8) is 0 Å². The first-order valence-corrected chi connectivity index (χ1v) is 4.57. The molecule has 1 fully saturated rings. The fourth-order valence-corrected chi connectivity index (χ4v) is 1.41. The maximum absolute atomic E-state index is 5.34. The van der Waals surface area contributed by atoms with E-state index in [1.807, 2.05) is 24.5 Å². The first kappa shape index (κ1) is 8.66. The van der Waals surface area contributed by atoms with Crippen molar-refractivity contribution in [2.75, 3.05) is 13.2 Å². The van der Waals surface area contributed by atoms with Crippen LogP contribution in [0.15, 0.2) is 24.5 Å². The Balaban J connectivity index is 1.79. The smallest absolute Gasteiger partial charge is 0.158 e. The lowest BCUT2D eigenvalue weighted by Crippen LogP contribution is -2.08. The summed E-state index contributed by atoms with van der Waals surface area (Å²) in [5, 5.41) is 0. The molecule has 3 heteroatoms. The second-order valence-electron chi connectivity index (χ2n) is 3.07. The summed E-state index contributed by atoms with van der Waals surface area (Å²) >= 11 is 0. The van der Waals surface area contributed by atoms with Gasteiger partial charge in [0.1, 0.15) is 0 Å². The number of aryl methyl sites for hydroxylation is 1. The molecule has 1 aliphatic heterocycles. The molecule has 0 bridgehead atoms. The minimum Gasteiger partial charge on any atom is -0.350 e. The van der Waals surface area contributed by atoms with Gasteiger partial charge in [-0.25, -0.2) is 0 Å². The Labute approximate surface area is 77.7 Å². The van der Waals surface area contributed by atoms with Crippen molar-refractivity contribution in [3.05, 3.63) is 30.1 Å². The van der Waals surface area contributed by atoms with Gasteiger partial charge in [0.05, 0.1) is 13.2 Å². The van der Waals surface area contributed by atoms with Gasteiger partial charge in [0.25, 0.3) is 0 Å². The molecular formula is C10H13NO2. The first-order valence-electron chi connectivity index (χ1n) is 4.57. The van der Waals surface area contributed by atoms with E-state index in [0.29, 0.717) is 0 Å². The summed E-state index contributed by atoms with van der Waals surface area (Å²) in [6, 6.07) is 4.05. The van der Waals surface area contributed by atoms with E-state index in [-0.39, 0.29) is 6.29 Å². The van der Waals surface area contributed by atoms with Crippen LogP contribution >= 0.6 is 0 Å². The molecule has 0 aliphatic carbocycles. The average molecular weight is 179 g/mol. The largest absolute Gasteiger partial charge is 0.350 e. The summed E-state index contributed by atoms with van der Waals surface area (Å²) < 4.78 is 10.7. The Morgan fingerprint density at radius 3 is 2.62 bits per heavy atom. The van der Waals surface area contributed by atoms with Gasteiger partial charge in [-0.15, -0.1) is 0 Å². The van der Waals surface area contributed by atoms with E-state index in [9.17, 15) is 0 Å². The van der Waals surface area contributed by atoms with Crippen LogP contribution < -0.4 is 0 Å². The minimum atomic E-state index is 0.00756. The molecule has 1 aliphatic rings. The zero-order valence-electron chi connectivity index (χ0n) is 7.48. The number of rotatable bonds is 3. The molecule has 1 aromatic rings. The summed E-state index contributed by atoms with van der Waals surface area (Å²) in [5.74, 6) is 0. The van der Waals surface area contributed by atoms with Gasteiger partial charge in [-0.3, -0.25) is 4.98 Å². The molecule has 70 valence electrons. The molecule has 0 unspecified atom stereocenters. The van der Waals surface area contributed by atoms with Crippen LogP contribution in [0.25, 0.3) is 0 Å². The second kappa shape index (κ2) is 4.35. The van der Waals surface area contributed by atoms with Crippen molar-refractivity contribution in [1.29, 1.82) is 0 Å². The lowest BCUT2D eigenvalue weighted by Gasteiger charge is -2.07. The summed E-state index contributed by atoms with van der Waals surface area (Å²) in [4.78, 5) is 3.96. The predicted molar refractivity (Wildman–Crippen MR) is 48.3 cm³/mol. The number of hydrogen-bond donors (Lipinski definition) is 0. The molecule has 0 spiro atoms. The van der Waals surface area contributed by atoms with Gasteiger partial charge >= 0.3 is 0 Å². The maximum Gasteiger partial charge on any atom is 0.158 e. The summed E-state index contributed by atoms with van der Waals surface area (Å²) in [7, 11) is 0. The van der Waals surface area contributed by atoms with E-state index in [2.05, 4.69) is 4.98 Å². The highest BCUT2D eigenvalue weighted by Crippen LogP contribution is 2.11. The Morgan fingerprint density at radius 1 is 1.23 bits per heavy atom. The summed E-state index contributed by atoms with van der Waals surface area (Å²) in [6.45, 7) is 1.47. The Kier molecular flexibility index (Phi) is 2.90. The van der Waals surface area contributed by atoms with Gasteiger partial charge in [-0.1, -0.05) is 0 Å². The molecule has 2 heterocycles. The predicted octanol–water partition coefficient (Wildman–Crippen LogP) is 1.39. The van der Waals surface area contributed by atoms with Crippen LogP contribution in [0.5, 0.6) is 0 Å². The quantitative estimate of drug-likeness (QED) is 0.702. The van der Waals surface area contributed by atoms with Crippen molar-refractivity contribution in [2.45, 2.75) is 19.1 Å². The summed E-state index contributed by atoms with van der Waals surface area (Å²) in [5.41, 5.74) is 1.29. The second-order valence-corrected chi connectivity index (χ2v) is 3.07. The van der Waals surface area contributed by atoms with E-state index < -0.39 is 0 Å². The molecule has 0 N–H and O–H groups in total. The van der Waals surface area contributed by atoms with Crippen LogP contribution in [0, 0.1) is 0 Å². The standard InChI is InChI=1S/C10H13NO2/c1(2-10-12-7-8-13-10)9-3-5-11-6-4-9/h3-6,10H,1-2,7-8H2. The first-order chi connectivity index (χ1) is 6.45. The average Bonchev–Trinajstić information content (AvgIpc) is 2.69. The third-order valence-electron chi connectivity index (χ3n) is 2.11. The fraction of sp³-hybridized carbons (Fsp3) is 0.500. The van der Waals surface area contributed by atoms with Gasteiger partial charge in [0.2, 0.25) is 0 Å². The van der Waals surface area contributed by atoms with Crippen molar-refractivity contribution in [2.24, 2.45) is 0 Å². The van der Waals surface area contributed by atoms with Crippen LogP contribution in [0.3, 0.4) is 0 Å². The van der Waals surface area contributed by atoms with Crippen LogP contribution in [0.2, 0.25) is 0 Å². The molecular weight excluding hydrogens is 166 g/mol. The van der Waals surface area contributed by atoms with Crippen molar-refractivity contribution < 1.29 is 9.47 Å². The van der Waals surface area contributed by atoms with E-state index in [4.69, 9.17) is 9.47 Å². The third kappa shape index (κ3) is 2.50. The molecule has 0 atom stereocenters. The normalized spacial score (nSPS) is 17.8. The van der Waals surface area contributed by atoms with E-state index in [0.717, 1.165) is 26.1 Å². The maximum atomic E-state index is 5.34. The number of nitrogens with zero attached hydrogens (tertiary/aromatic N) is 1. The van der Waals surface area contributed by atoms with Crippen molar-refractivity contribution in [1.82, 2.24) is 4.98 Å². The lowest BCUT2D eigenvalue weighted by atomic mass is 10.1. The highest BCUT2D eigenvalue weighted by molar-refractivity contribution is 5.09. The highest BCUT2D eigenvalue weighted by Gasteiger charge is 2.14. The molecule has 1 aromatic heterocycles. The molecule has 0 aromatic carbocycles. The van der Waals surface area contributed by atoms with Crippen molar-refractivity contribution in [3.8, 4) is 0 Å². The van der Waals surface area contributed by atoms with Gasteiger partial charge in [0, 0.05) is 18.8 Å². The SMILES string of the molecule is c1cc(CCC2OCCO2)ccn1. The van der Waals surface area contributed by atoms with Gasteiger partial charge in [0.15, 0.2) is 6.29 Å². The topological polar surface area (TPSA) is 31.4 Å². The molecule has 2 rings (SSSR count). The fourth-order valence-electron chi connectivity index (χ4n) is 1.41. The molecule has 3 nitrogen and oxygen atoms in total. The zero-order chi connectivity index (χ0) is 8.93. The third-order valence-corrected chi connectivity index (χ3v) is 2.11. The molecule has 0 radical (unpaired) electrons. The number of hydrogen-bond acceptors (Lipinski definition) is 3. The van der Waals surface area contributed by atoms with E-state index in [1.165, 1.54) is 5.56 Å². The lowest BCUT2D eigenvalue weighted by molar-refractivity contribution is -0.0462. The van der Waals surface area contributed by atoms with Gasteiger partial charge in [-0.2, -0.15) is 0 Å². The molecule has 1 saturated heterocycles. The number of ether oxygens (including phenoxy) is 2. The van der Waals surface area contributed by atoms with Crippen molar-refractivity contribution >= 4 is 0 Å². The monoisotopic (exact) mass is 179 g/mol. The number of aromatic nitrogens is 1. The van der Waals surface area contributed by atoms with Crippen LogP contribution in [0.4, 0.5) is 0 Å². The molecule has 13 heavy (non-hydrogen) atoms. The van der Waals surface area contributed by atoms with Gasteiger partial charge < -0.3 is 9.47 Å². The van der Waals surface area contributed by atoms with Crippen LogP contribution in [-0.4, -0.2) is 24.5 Å². The Bertz CT molecular complexity index is 244. The zero-order valence-corrected chi connectivity index (χ0v) is 7.48. The van der Waals surface area contributed by atoms with E-state index >= 15 is 0 Å². The van der Waals surface area contributed by atoms with Crippen LogP contribution in [0.1, 0.15) is 12.0 Å². The minimum absolute atomic E-state index is 0.00756. The van der Waals surface area contributed by atoms with Crippen LogP contribution in [-0.2, 0) is 15.9 Å². The summed E-state index contributed by atoms with van der Waals surface area (Å²) in [6.07, 6.45) is 5.56. The Hall–Kier alpha value is -0.930. The Morgan fingerprint density at radius 2 is 1.92 bits per heavy atom. The highest BCUT2D eigenvalue weighted by atomic mass is 16.7. The van der Waals surface area contributed by atoms with Gasteiger partial charge in [-0.05, 0) is 24.1 Å². The molecule has 0 amide bonds. The van der Waals surface area contributed by atoms with E-state index in [1.54, 1.807) is 0 Å². The number of pyridine rings is 1.